The van der Waals surface area contributed by atoms with Crippen LogP contribution >= 0.6 is 28.1 Å². The number of nitriles is 1. The van der Waals surface area contributed by atoms with Crippen molar-refractivity contribution in [2.45, 2.75) is 24.1 Å². The van der Waals surface area contributed by atoms with Crippen LogP contribution in [0.2, 0.25) is 0 Å². The third-order valence-electron chi connectivity index (χ3n) is 2.29. The Balaban J connectivity index is 2.84. The van der Waals surface area contributed by atoms with Gasteiger partial charge in [0.1, 0.15) is 11.6 Å². The van der Waals surface area contributed by atoms with E-state index < -0.39 is 5.56 Å². The number of aromatic nitrogens is 2. The number of aryl methyl sites for hydroxylation is 1. The minimum atomic E-state index is -0.426. The predicted octanol–water partition coefficient (Wildman–Crippen LogP) is 2.58. The van der Waals surface area contributed by atoms with Gasteiger partial charge in [-0.1, -0.05) is 22.0 Å². The summed E-state index contributed by atoms with van der Waals surface area (Å²) in [5.41, 5.74) is 0.290. The van der Waals surface area contributed by atoms with Gasteiger partial charge in [0.25, 0.3) is 5.56 Å². The van der Waals surface area contributed by atoms with Gasteiger partial charge in [-0.05, 0) is 31.5 Å². The second-order valence-corrected chi connectivity index (χ2v) is 5.10. The highest BCUT2D eigenvalue weighted by Crippen LogP contribution is 2.12. The van der Waals surface area contributed by atoms with E-state index in [4.69, 9.17) is 17.5 Å². The first-order chi connectivity index (χ1) is 8.08. The fourth-order valence-electron chi connectivity index (χ4n) is 1.43. The Kier molecular flexibility index (Phi) is 5.32. The molecule has 4 nitrogen and oxygen atoms in total. The van der Waals surface area contributed by atoms with E-state index in [2.05, 4.69) is 32.5 Å². The molecule has 0 spiro atoms. The molecule has 17 heavy (non-hydrogen) atoms. The zero-order valence-electron chi connectivity index (χ0n) is 9.12. The normalized spacial score (nSPS) is 11.8. The Hall–Kier alpha value is -1.19. The lowest BCUT2D eigenvalue weighted by Gasteiger charge is -2.05. The maximum absolute atomic E-state index is 11.5. The number of allylic oxidation sites excluding steroid dienone is 1. The molecule has 1 rings (SSSR count). The molecule has 0 aromatic carbocycles. The van der Waals surface area contributed by atoms with Gasteiger partial charge < -0.3 is 4.98 Å². The minimum absolute atomic E-state index is 0.114. The largest absolute Gasteiger partial charge is 0.335 e. The lowest BCUT2D eigenvalue weighted by molar-refractivity contribution is 0.741. The van der Waals surface area contributed by atoms with Gasteiger partial charge in [-0.25, -0.2) is 0 Å². The van der Waals surface area contributed by atoms with Crippen molar-refractivity contribution < 1.29 is 0 Å². The van der Waals surface area contributed by atoms with Gasteiger partial charge in [0.2, 0.25) is 0 Å². The number of rotatable bonds is 5. The molecule has 0 saturated carbocycles. The SMILES string of the molecule is C=CC(Br)CCCc1[nH]c(=S)[nH]c(=O)c1C#N. The average Bonchev–Trinajstić information content (AvgIpc) is 2.28. The third kappa shape index (κ3) is 3.95. The molecule has 1 heterocycles. The Morgan fingerprint density at radius 1 is 1.59 bits per heavy atom. The van der Waals surface area contributed by atoms with Crippen LogP contribution in [0.5, 0.6) is 0 Å². The van der Waals surface area contributed by atoms with Crippen LogP contribution in [0.15, 0.2) is 17.4 Å². The fraction of sp³-hybridized carbons (Fsp3) is 0.364. The Morgan fingerprint density at radius 2 is 2.29 bits per heavy atom. The summed E-state index contributed by atoms with van der Waals surface area (Å²) < 4.78 is 0.253. The van der Waals surface area contributed by atoms with E-state index in [-0.39, 0.29) is 15.2 Å². The van der Waals surface area contributed by atoms with Gasteiger partial charge in [0.05, 0.1) is 0 Å². The van der Waals surface area contributed by atoms with Crippen molar-refractivity contribution in [2.75, 3.05) is 0 Å². The molecule has 6 heteroatoms. The van der Waals surface area contributed by atoms with Crippen LogP contribution in [0.3, 0.4) is 0 Å². The van der Waals surface area contributed by atoms with Gasteiger partial charge in [-0.2, -0.15) is 5.26 Å². The third-order valence-corrected chi connectivity index (χ3v) is 3.33. The highest BCUT2D eigenvalue weighted by molar-refractivity contribution is 9.09. The van der Waals surface area contributed by atoms with Gasteiger partial charge in [0, 0.05) is 10.5 Å². The molecule has 0 aliphatic heterocycles. The molecule has 0 saturated heterocycles. The van der Waals surface area contributed by atoms with E-state index in [0.717, 1.165) is 12.8 Å². The summed E-state index contributed by atoms with van der Waals surface area (Å²) in [7, 11) is 0. The Bertz CT molecular complexity index is 555. The van der Waals surface area contributed by atoms with E-state index in [1.54, 1.807) is 0 Å². The molecule has 90 valence electrons. The number of alkyl halides is 1. The maximum Gasteiger partial charge on any atom is 0.269 e. The van der Waals surface area contributed by atoms with Crippen LogP contribution in [-0.2, 0) is 6.42 Å². The highest BCUT2D eigenvalue weighted by atomic mass is 79.9. The van der Waals surface area contributed by atoms with Crippen molar-refractivity contribution >= 4 is 28.1 Å². The van der Waals surface area contributed by atoms with Gasteiger partial charge in [0.15, 0.2) is 4.77 Å². The molecule has 0 bridgehead atoms. The van der Waals surface area contributed by atoms with Crippen LogP contribution in [0, 0.1) is 16.1 Å². The molecule has 0 aliphatic rings. The number of nitrogens with zero attached hydrogens (tertiary/aromatic N) is 1. The van der Waals surface area contributed by atoms with E-state index in [1.165, 1.54) is 0 Å². The van der Waals surface area contributed by atoms with Crippen molar-refractivity contribution in [3.63, 3.8) is 0 Å². The second-order valence-electron chi connectivity index (χ2n) is 3.52. The Morgan fingerprint density at radius 3 is 2.88 bits per heavy atom. The number of H-pyrrole nitrogens is 2. The molecule has 0 amide bonds. The van der Waals surface area contributed by atoms with Gasteiger partial charge in [-0.15, -0.1) is 6.58 Å². The van der Waals surface area contributed by atoms with Crippen LogP contribution < -0.4 is 5.56 Å². The monoisotopic (exact) mass is 313 g/mol. The summed E-state index contributed by atoms with van der Waals surface area (Å²) in [5.74, 6) is 0. The molecule has 1 aromatic heterocycles. The van der Waals surface area contributed by atoms with Crippen LogP contribution in [0.4, 0.5) is 0 Å². The first-order valence-electron chi connectivity index (χ1n) is 5.10. The molecule has 0 fully saturated rings. The molecule has 1 aromatic rings. The summed E-state index contributed by atoms with van der Waals surface area (Å²) in [5, 5.41) is 8.90. The number of aromatic amines is 2. The smallest absolute Gasteiger partial charge is 0.269 e. The zero-order chi connectivity index (χ0) is 12.8. The first-order valence-corrected chi connectivity index (χ1v) is 6.43. The Labute approximate surface area is 113 Å². The average molecular weight is 314 g/mol. The number of halogens is 1. The minimum Gasteiger partial charge on any atom is -0.335 e. The molecular weight excluding hydrogens is 302 g/mol. The molecular formula is C11H12BrN3OS. The molecule has 1 unspecified atom stereocenters. The molecule has 1 atom stereocenters. The van der Waals surface area contributed by atoms with E-state index >= 15 is 0 Å². The predicted molar refractivity (Wildman–Crippen MR) is 72.8 cm³/mol. The summed E-state index contributed by atoms with van der Waals surface area (Å²) in [4.78, 5) is 17.0. The highest BCUT2D eigenvalue weighted by Gasteiger charge is 2.08. The summed E-state index contributed by atoms with van der Waals surface area (Å²) in [6, 6.07) is 1.89. The first kappa shape index (κ1) is 13.9. The maximum atomic E-state index is 11.5. The van der Waals surface area contributed by atoms with Crippen molar-refractivity contribution in [2.24, 2.45) is 0 Å². The van der Waals surface area contributed by atoms with Crippen molar-refractivity contribution in [1.29, 1.82) is 5.26 Å². The lowest BCUT2D eigenvalue weighted by atomic mass is 10.1. The second kappa shape index (κ2) is 6.52. The van der Waals surface area contributed by atoms with Crippen molar-refractivity contribution in [1.82, 2.24) is 9.97 Å². The van der Waals surface area contributed by atoms with E-state index in [1.807, 2.05) is 12.1 Å². The standard InChI is InChI=1S/C11H12BrN3OS/c1-2-7(12)4-3-5-9-8(6-13)10(16)15-11(17)14-9/h2,7H,1,3-5H2,(H2,14,15,16,17). The number of hydrogen-bond acceptors (Lipinski definition) is 3. The lowest BCUT2D eigenvalue weighted by Crippen LogP contribution is -2.15. The summed E-state index contributed by atoms with van der Waals surface area (Å²) >= 11 is 8.31. The zero-order valence-corrected chi connectivity index (χ0v) is 11.5. The fourth-order valence-corrected chi connectivity index (χ4v) is 1.97. The number of nitrogens with one attached hydrogen (secondary N) is 2. The quantitative estimate of drug-likeness (QED) is 0.498. The molecule has 2 N–H and O–H groups in total. The van der Waals surface area contributed by atoms with Gasteiger partial charge in [-0.3, -0.25) is 9.78 Å². The summed E-state index contributed by atoms with van der Waals surface area (Å²) in [6.07, 6.45) is 4.16. The topological polar surface area (TPSA) is 72.4 Å². The van der Waals surface area contributed by atoms with E-state index in [9.17, 15) is 4.79 Å². The van der Waals surface area contributed by atoms with Crippen LogP contribution in [0.1, 0.15) is 24.1 Å². The van der Waals surface area contributed by atoms with Crippen LogP contribution in [0.25, 0.3) is 0 Å². The molecule has 0 aliphatic carbocycles. The molecule has 0 radical (unpaired) electrons. The van der Waals surface area contributed by atoms with Crippen molar-refractivity contribution in [3.8, 4) is 6.07 Å². The van der Waals surface area contributed by atoms with Crippen LogP contribution in [-0.4, -0.2) is 14.8 Å². The van der Waals surface area contributed by atoms with Gasteiger partial charge >= 0.3 is 0 Å². The summed E-state index contributed by atoms with van der Waals surface area (Å²) in [6.45, 7) is 3.67. The van der Waals surface area contributed by atoms with E-state index in [0.29, 0.717) is 12.1 Å². The number of hydrogen-bond donors (Lipinski definition) is 2. The van der Waals surface area contributed by atoms with Crippen molar-refractivity contribution in [3.05, 3.63) is 39.0 Å².